The van der Waals surface area contributed by atoms with Gasteiger partial charge in [0.1, 0.15) is 6.54 Å². The van der Waals surface area contributed by atoms with Gasteiger partial charge in [0.2, 0.25) is 15.9 Å². The zero-order valence-corrected chi connectivity index (χ0v) is 24.2. The van der Waals surface area contributed by atoms with Crippen molar-refractivity contribution in [3.05, 3.63) is 82.9 Å². The summed E-state index contributed by atoms with van der Waals surface area (Å²) in [5.74, 6) is -0.865. The van der Waals surface area contributed by atoms with Crippen LogP contribution in [0.1, 0.15) is 30.4 Å². The van der Waals surface area contributed by atoms with Crippen LogP contribution in [0.3, 0.4) is 0 Å². The van der Waals surface area contributed by atoms with Crippen molar-refractivity contribution in [3.8, 4) is 0 Å². The highest BCUT2D eigenvalue weighted by molar-refractivity contribution is 7.92. The largest absolute Gasteiger partial charge is 0.417 e. The molecule has 0 aromatic heterocycles. The number of amides is 1. The molecule has 1 heterocycles. The van der Waals surface area contributed by atoms with Gasteiger partial charge in [-0.25, -0.2) is 16.8 Å². The first kappa shape index (κ1) is 30.8. The molecule has 1 aliphatic rings. The van der Waals surface area contributed by atoms with Gasteiger partial charge in [-0.05, 0) is 74.4 Å². The maximum atomic E-state index is 13.6. The second-order valence-electron chi connectivity index (χ2n) is 9.52. The van der Waals surface area contributed by atoms with E-state index in [-0.39, 0.29) is 15.5 Å². The second-order valence-corrected chi connectivity index (χ2v) is 13.7. The molecule has 220 valence electrons. The van der Waals surface area contributed by atoms with Gasteiger partial charge in [0.05, 0.1) is 26.1 Å². The summed E-state index contributed by atoms with van der Waals surface area (Å²) in [6.45, 7) is 1.71. The lowest BCUT2D eigenvalue weighted by Crippen LogP contribution is -2.38. The van der Waals surface area contributed by atoms with Crippen molar-refractivity contribution in [2.75, 3.05) is 29.3 Å². The smallest absolute Gasteiger partial charge is 0.325 e. The summed E-state index contributed by atoms with van der Waals surface area (Å²) >= 11 is 5.73. The van der Waals surface area contributed by atoms with Crippen molar-refractivity contribution in [3.63, 3.8) is 0 Å². The minimum atomic E-state index is -4.87. The Balaban J connectivity index is 1.61. The Bertz CT molecular complexity index is 1620. The number of rotatable bonds is 8. The second kappa shape index (κ2) is 12.0. The number of aryl methyl sites for hydroxylation is 1. The number of nitrogens with one attached hydrogen (secondary N) is 1. The van der Waals surface area contributed by atoms with Gasteiger partial charge < -0.3 is 5.32 Å². The minimum absolute atomic E-state index is 0.0434. The minimum Gasteiger partial charge on any atom is -0.325 e. The molecule has 1 aliphatic heterocycles. The first-order valence-electron chi connectivity index (χ1n) is 12.6. The van der Waals surface area contributed by atoms with Gasteiger partial charge in [0.15, 0.2) is 0 Å². The van der Waals surface area contributed by atoms with Crippen LogP contribution in [0.25, 0.3) is 0 Å². The third kappa shape index (κ3) is 7.03. The number of carbonyl (C=O) groups is 1. The average Bonchev–Trinajstić information content (AvgIpc) is 2.92. The summed E-state index contributed by atoms with van der Waals surface area (Å²) in [6.07, 6.45) is -2.37. The molecule has 1 saturated heterocycles. The molecule has 0 radical (unpaired) electrons. The van der Waals surface area contributed by atoms with Crippen molar-refractivity contribution >= 4 is 48.9 Å². The van der Waals surface area contributed by atoms with Gasteiger partial charge in [0.25, 0.3) is 10.0 Å². The molecule has 0 bridgehead atoms. The molecule has 1 N–H and O–H groups in total. The highest BCUT2D eigenvalue weighted by Crippen LogP contribution is 2.38. The standard InChI is InChI=1S/C27H27ClF3N3O5S2/c1-19-5-10-23(11-6-19)41(38,39)34(21-9-14-25(28)24(17-21)27(29,30)31)18-26(35)32-20-7-12-22(13-8-20)40(36,37)33-15-3-2-4-16-33/h5-14,17H,2-4,15-16,18H2,1H3,(H,32,35). The molecule has 0 spiro atoms. The molecular formula is C27H27ClF3N3O5S2. The van der Waals surface area contributed by atoms with Crippen LogP contribution < -0.4 is 9.62 Å². The summed E-state index contributed by atoms with van der Waals surface area (Å²) in [5.41, 5.74) is -0.746. The molecule has 41 heavy (non-hydrogen) atoms. The molecule has 8 nitrogen and oxygen atoms in total. The molecule has 1 fully saturated rings. The van der Waals surface area contributed by atoms with Gasteiger partial charge in [-0.1, -0.05) is 35.7 Å². The molecular weight excluding hydrogens is 603 g/mol. The predicted octanol–water partition coefficient (Wildman–Crippen LogP) is 5.68. The Morgan fingerprint density at radius 1 is 0.902 bits per heavy atom. The quantitative estimate of drug-likeness (QED) is 0.346. The van der Waals surface area contributed by atoms with E-state index in [2.05, 4.69) is 5.32 Å². The highest BCUT2D eigenvalue weighted by Gasteiger charge is 2.35. The van der Waals surface area contributed by atoms with Crippen LogP contribution in [0, 0.1) is 6.92 Å². The number of halogens is 4. The third-order valence-corrected chi connectivity index (χ3v) is 10.6. The van der Waals surface area contributed by atoms with Crippen LogP contribution >= 0.6 is 11.6 Å². The lowest BCUT2D eigenvalue weighted by molar-refractivity contribution is -0.137. The maximum absolute atomic E-state index is 13.6. The summed E-state index contributed by atoms with van der Waals surface area (Å²) in [4.78, 5) is 12.8. The van der Waals surface area contributed by atoms with Crippen LogP contribution in [0.5, 0.6) is 0 Å². The Kier molecular flexibility index (Phi) is 9.02. The van der Waals surface area contributed by atoms with Crippen LogP contribution in [0.4, 0.5) is 24.5 Å². The monoisotopic (exact) mass is 629 g/mol. The maximum Gasteiger partial charge on any atom is 0.417 e. The van der Waals surface area contributed by atoms with Gasteiger partial charge in [-0.3, -0.25) is 9.10 Å². The Hall–Kier alpha value is -3.13. The number of hydrogen-bond acceptors (Lipinski definition) is 5. The Morgan fingerprint density at radius 3 is 2.07 bits per heavy atom. The van der Waals surface area contributed by atoms with E-state index in [0.29, 0.717) is 23.5 Å². The first-order valence-corrected chi connectivity index (χ1v) is 15.8. The summed E-state index contributed by atoms with van der Waals surface area (Å²) < 4.78 is 95.5. The summed E-state index contributed by atoms with van der Waals surface area (Å²) in [6, 6.07) is 13.6. The van der Waals surface area contributed by atoms with E-state index < -0.39 is 54.9 Å². The topological polar surface area (TPSA) is 104 Å². The number of alkyl halides is 3. The van der Waals surface area contributed by atoms with Crippen LogP contribution in [0.2, 0.25) is 5.02 Å². The SMILES string of the molecule is Cc1ccc(S(=O)(=O)N(CC(=O)Nc2ccc(S(=O)(=O)N3CCCCC3)cc2)c2ccc(Cl)c(C(F)(F)F)c2)cc1. The number of hydrogen-bond donors (Lipinski definition) is 1. The molecule has 0 unspecified atom stereocenters. The fraction of sp³-hybridized carbons (Fsp3) is 0.296. The molecule has 0 atom stereocenters. The number of sulfonamides is 2. The molecule has 14 heteroatoms. The summed E-state index contributed by atoms with van der Waals surface area (Å²) in [5, 5.41) is 1.86. The third-order valence-electron chi connectivity index (χ3n) is 6.53. The van der Waals surface area contributed by atoms with E-state index in [1.54, 1.807) is 6.92 Å². The van der Waals surface area contributed by atoms with Crippen molar-refractivity contribution in [2.45, 2.75) is 42.2 Å². The van der Waals surface area contributed by atoms with Crippen molar-refractivity contribution in [2.24, 2.45) is 0 Å². The molecule has 1 amide bonds. The van der Waals surface area contributed by atoms with Crippen molar-refractivity contribution in [1.82, 2.24) is 4.31 Å². The number of anilines is 2. The van der Waals surface area contributed by atoms with E-state index in [1.807, 2.05) is 0 Å². The molecule has 3 aromatic carbocycles. The highest BCUT2D eigenvalue weighted by atomic mass is 35.5. The zero-order chi connectivity index (χ0) is 30.0. The van der Waals surface area contributed by atoms with Crippen LogP contribution in [-0.2, 0) is 31.0 Å². The fourth-order valence-electron chi connectivity index (χ4n) is 4.33. The molecule has 4 rings (SSSR count). The molecule has 0 saturated carbocycles. The lowest BCUT2D eigenvalue weighted by Gasteiger charge is -2.26. The Morgan fingerprint density at radius 2 is 1.49 bits per heavy atom. The van der Waals surface area contributed by atoms with E-state index in [0.717, 1.165) is 37.0 Å². The number of carbonyl (C=O) groups excluding carboxylic acids is 1. The average molecular weight is 630 g/mol. The molecule has 0 aliphatic carbocycles. The number of nitrogens with zero attached hydrogens (tertiary/aromatic N) is 2. The fourth-order valence-corrected chi connectivity index (χ4v) is 7.49. The summed E-state index contributed by atoms with van der Waals surface area (Å²) in [7, 11) is -8.20. The zero-order valence-electron chi connectivity index (χ0n) is 21.9. The van der Waals surface area contributed by atoms with Crippen molar-refractivity contribution < 1.29 is 34.8 Å². The van der Waals surface area contributed by atoms with E-state index >= 15 is 0 Å². The lowest BCUT2D eigenvalue weighted by atomic mass is 10.2. The van der Waals surface area contributed by atoms with Gasteiger partial charge in [-0.2, -0.15) is 17.5 Å². The normalized spacial score (nSPS) is 15.0. The number of piperidine rings is 1. The van der Waals surface area contributed by atoms with Crippen LogP contribution in [-0.4, -0.2) is 46.7 Å². The van der Waals surface area contributed by atoms with Crippen molar-refractivity contribution in [1.29, 1.82) is 0 Å². The van der Waals surface area contributed by atoms with Gasteiger partial charge in [-0.15, -0.1) is 0 Å². The molecule has 3 aromatic rings. The first-order chi connectivity index (χ1) is 19.2. The predicted molar refractivity (Wildman–Crippen MR) is 150 cm³/mol. The van der Waals surface area contributed by atoms with E-state index in [1.165, 1.54) is 52.8 Å². The number of benzene rings is 3. The van der Waals surface area contributed by atoms with Crippen LogP contribution in [0.15, 0.2) is 76.5 Å². The van der Waals surface area contributed by atoms with E-state index in [9.17, 15) is 34.8 Å². The van der Waals surface area contributed by atoms with Gasteiger partial charge >= 0.3 is 6.18 Å². The van der Waals surface area contributed by atoms with Gasteiger partial charge in [0, 0.05) is 18.8 Å². The van der Waals surface area contributed by atoms with E-state index in [4.69, 9.17) is 11.6 Å². The Labute approximate surface area is 241 Å².